The minimum absolute atomic E-state index is 0. The van der Waals surface area contributed by atoms with Gasteiger partial charge >= 0.3 is 0 Å². The number of amides is 2. The van der Waals surface area contributed by atoms with Crippen molar-refractivity contribution < 1.29 is 9.59 Å². The van der Waals surface area contributed by atoms with E-state index in [2.05, 4.69) is 26.1 Å². The number of hydrogen-bond donors (Lipinski definition) is 2. The fraction of sp³-hybridized carbons (Fsp3) is 0.600. The molecule has 26 heavy (non-hydrogen) atoms. The summed E-state index contributed by atoms with van der Waals surface area (Å²) in [7, 11) is 0. The topological polar surface area (TPSA) is 75.4 Å². The predicted molar refractivity (Wildman–Crippen MR) is 106 cm³/mol. The van der Waals surface area contributed by atoms with Crippen molar-refractivity contribution in [3.8, 4) is 0 Å². The second-order valence-corrected chi connectivity index (χ2v) is 8.70. The van der Waals surface area contributed by atoms with E-state index in [0.29, 0.717) is 29.5 Å². The van der Waals surface area contributed by atoms with Crippen LogP contribution in [-0.2, 0) is 0 Å². The van der Waals surface area contributed by atoms with Crippen molar-refractivity contribution in [2.24, 2.45) is 23.0 Å². The normalized spacial score (nSPS) is 24.8. The second-order valence-electron chi connectivity index (χ2n) is 8.70. The number of fused-ring (bicyclic) bond motifs is 1. The molecule has 2 aliphatic rings. The Balaban J connectivity index is 0.00000243. The lowest BCUT2D eigenvalue weighted by molar-refractivity contribution is 0.0779. The van der Waals surface area contributed by atoms with Crippen molar-refractivity contribution in [3.63, 3.8) is 0 Å². The number of nitrogens with two attached hydrogens (primary N) is 1. The molecule has 3 unspecified atom stereocenters. The molecule has 1 aliphatic carbocycles. The summed E-state index contributed by atoms with van der Waals surface area (Å²) < 4.78 is 0. The number of carbonyl (C=O) groups excluding carboxylic acids is 2. The standard InChI is InChI=1S/C20H29N3O2.ClH/c1-20(2,3)12-22-18(24)13-4-6-14(7-5-13)19(25)23-10-15-8-9-17(21)16(15)11-23;/h4-7,15-17H,8-12,21H2,1-3H3,(H,22,24);1H. The van der Waals surface area contributed by atoms with Crippen LogP contribution in [0.3, 0.4) is 0 Å². The summed E-state index contributed by atoms with van der Waals surface area (Å²) in [5, 5.41) is 2.93. The fourth-order valence-electron chi connectivity index (χ4n) is 3.87. The Morgan fingerprint density at radius 1 is 1.12 bits per heavy atom. The van der Waals surface area contributed by atoms with Gasteiger partial charge in [-0.1, -0.05) is 20.8 Å². The summed E-state index contributed by atoms with van der Waals surface area (Å²) >= 11 is 0. The molecule has 3 rings (SSSR count). The van der Waals surface area contributed by atoms with Crippen LogP contribution in [0.25, 0.3) is 0 Å². The summed E-state index contributed by atoms with van der Waals surface area (Å²) in [6.07, 6.45) is 2.21. The molecule has 1 aromatic rings. The molecule has 1 heterocycles. The lowest BCUT2D eigenvalue weighted by Crippen LogP contribution is -2.33. The van der Waals surface area contributed by atoms with Gasteiger partial charge in [0.25, 0.3) is 11.8 Å². The highest BCUT2D eigenvalue weighted by Gasteiger charge is 2.42. The maximum absolute atomic E-state index is 12.7. The molecule has 0 bridgehead atoms. The van der Waals surface area contributed by atoms with E-state index >= 15 is 0 Å². The number of rotatable bonds is 3. The van der Waals surface area contributed by atoms with Crippen LogP contribution in [0.15, 0.2) is 24.3 Å². The van der Waals surface area contributed by atoms with Crippen LogP contribution < -0.4 is 11.1 Å². The van der Waals surface area contributed by atoms with Gasteiger partial charge in [0.2, 0.25) is 0 Å². The number of nitrogens with one attached hydrogen (secondary N) is 1. The molecule has 1 aliphatic heterocycles. The van der Waals surface area contributed by atoms with Crippen molar-refractivity contribution in [1.29, 1.82) is 0 Å². The number of hydrogen-bond acceptors (Lipinski definition) is 3. The van der Waals surface area contributed by atoms with Crippen molar-refractivity contribution in [2.45, 2.75) is 39.7 Å². The summed E-state index contributed by atoms with van der Waals surface area (Å²) in [6, 6.07) is 7.20. The smallest absolute Gasteiger partial charge is 0.253 e. The van der Waals surface area contributed by atoms with Crippen LogP contribution in [-0.4, -0.2) is 42.4 Å². The molecule has 2 fully saturated rings. The molecule has 5 nitrogen and oxygen atoms in total. The Hall–Kier alpha value is -1.59. The van der Waals surface area contributed by atoms with E-state index in [-0.39, 0.29) is 35.7 Å². The van der Waals surface area contributed by atoms with Crippen molar-refractivity contribution in [3.05, 3.63) is 35.4 Å². The van der Waals surface area contributed by atoms with E-state index in [9.17, 15) is 9.59 Å². The molecule has 3 atom stereocenters. The molecular weight excluding hydrogens is 350 g/mol. The average molecular weight is 380 g/mol. The Labute approximate surface area is 162 Å². The lowest BCUT2D eigenvalue weighted by atomic mass is 9.97. The maximum atomic E-state index is 12.7. The minimum atomic E-state index is -0.101. The van der Waals surface area contributed by atoms with Gasteiger partial charge in [0.15, 0.2) is 0 Å². The van der Waals surface area contributed by atoms with E-state index < -0.39 is 0 Å². The van der Waals surface area contributed by atoms with Gasteiger partial charge in [-0.15, -0.1) is 12.4 Å². The molecule has 144 valence electrons. The van der Waals surface area contributed by atoms with Crippen LogP contribution in [0.5, 0.6) is 0 Å². The molecule has 6 heteroatoms. The lowest BCUT2D eigenvalue weighted by Gasteiger charge is -2.19. The fourth-order valence-corrected chi connectivity index (χ4v) is 3.87. The molecule has 0 aromatic heterocycles. The van der Waals surface area contributed by atoms with E-state index in [1.807, 2.05) is 4.90 Å². The number of likely N-dealkylation sites (tertiary alicyclic amines) is 1. The van der Waals surface area contributed by atoms with Gasteiger partial charge in [0.1, 0.15) is 0 Å². The zero-order valence-corrected chi connectivity index (χ0v) is 16.6. The van der Waals surface area contributed by atoms with Crippen LogP contribution in [0.1, 0.15) is 54.3 Å². The molecule has 0 spiro atoms. The van der Waals surface area contributed by atoms with Gasteiger partial charge in [-0.3, -0.25) is 9.59 Å². The summed E-state index contributed by atoms with van der Waals surface area (Å²) in [5.74, 6) is 0.951. The molecule has 2 amide bonds. The van der Waals surface area contributed by atoms with Crippen molar-refractivity contribution in [2.75, 3.05) is 19.6 Å². The van der Waals surface area contributed by atoms with Gasteiger partial charge in [0, 0.05) is 36.8 Å². The van der Waals surface area contributed by atoms with Crippen LogP contribution in [0, 0.1) is 17.3 Å². The summed E-state index contributed by atoms with van der Waals surface area (Å²) in [4.78, 5) is 26.8. The first-order valence-electron chi connectivity index (χ1n) is 9.18. The van der Waals surface area contributed by atoms with E-state index in [1.54, 1.807) is 24.3 Å². The third kappa shape index (κ3) is 4.57. The quantitative estimate of drug-likeness (QED) is 0.847. The maximum Gasteiger partial charge on any atom is 0.253 e. The number of carbonyl (C=O) groups is 2. The first kappa shape index (κ1) is 20.7. The highest BCUT2D eigenvalue weighted by Crippen LogP contribution is 2.37. The minimum Gasteiger partial charge on any atom is -0.352 e. The number of halogens is 1. The third-order valence-corrected chi connectivity index (χ3v) is 5.37. The zero-order chi connectivity index (χ0) is 18.2. The summed E-state index contributed by atoms with van der Waals surface area (Å²) in [5.41, 5.74) is 7.42. The molecule has 3 N–H and O–H groups in total. The molecule has 1 saturated carbocycles. The van der Waals surface area contributed by atoms with Crippen molar-refractivity contribution >= 4 is 24.2 Å². The summed E-state index contributed by atoms with van der Waals surface area (Å²) in [6.45, 7) is 8.41. The zero-order valence-electron chi connectivity index (χ0n) is 15.8. The molecular formula is C20H30ClN3O2. The second kappa shape index (κ2) is 7.97. The molecule has 0 radical (unpaired) electrons. The number of nitrogens with zero attached hydrogens (tertiary/aromatic N) is 1. The Kier molecular flexibility index (Phi) is 6.35. The Bertz CT molecular complexity index is 654. The largest absolute Gasteiger partial charge is 0.352 e. The van der Waals surface area contributed by atoms with Gasteiger partial charge in [-0.25, -0.2) is 0 Å². The highest BCUT2D eigenvalue weighted by molar-refractivity contribution is 5.98. The van der Waals surface area contributed by atoms with Gasteiger partial charge in [-0.05, 0) is 54.4 Å². The first-order chi connectivity index (χ1) is 11.7. The predicted octanol–water partition coefficient (Wildman–Crippen LogP) is 2.69. The SMILES string of the molecule is CC(C)(C)CNC(=O)c1ccc(C(=O)N2CC3CCC(N)C3C2)cc1.Cl. The van der Waals surface area contributed by atoms with Gasteiger partial charge < -0.3 is 16.0 Å². The van der Waals surface area contributed by atoms with Crippen LogP contribution >= 0.6 is 12.4 Å². The Morgan fingerprint density at radius 3 is 2.31 bits per heavy atom. The highest BCUT2D eigenvalue weighted by atomic mass is 35.5. The monoisotopic (exact) mass is 379 g/mol. The van der Waals surface area contributed by atoms with Crippen LogP contribution in [0.4, 0.5) is 0 Å². The van der Waals surface area contributed by atoms with Gasteiger partial charge in [0.05, 0.1) is 0 Å². The molecule has 1 saturated heterocycles. The van der Waals surface area contributed by atoms with Crippen LogP contribution in [0.2, 0.25) is 0 Å². The first-order valence-corrected chi connectivity index (χ1v) is 9.18. The van der Waals surface area contributed by atoms with Crippen molar-refractivity contribution in [1.82, 2.24) is 10.2 Å². The average Bonchev–Trinajstić information content (AvgIpc) is 3.14. The Morgan fingerprint density at radius 2 is 1.73 bits per heavy atom. The third-order valence-electron chi connectivity index (χ3n) is 5.37. The van der Waals surface area contributed by atoms with E-state index in [0.717, 1.165) is 25.9 Å². The van der Waals surface area contributed by atoms with E-state index in [4.69, 9.17) is 5.73 Å². The van der Waals surface area contributed by atoms with Gasteiger partial charge in [-0.2, -0.15) is 0 Å². The van der Waals surface area contributed by atoms with E-state index in [1.165, 1.54) is 0 Å². The molecule has 1 aromatic carbocycles. The number of benzene rings is 1.